The zero-order valence-corrected chi connectivity index (χ0v) is 10.5. The third-order valence-electron chi connectivity index (χ3n) is 1.56. The van der Waals surface area contributed by atoms with Crippen molar-refractivity contribution in [3.8, 4) is 0 Å². The van der Waals surface area contributed by atoms with E-state index < -0.39 is 13.2 Å². The van der Waals surface area contributed by atoms with Gasteiger partial charge >= 0.3 is 42.8 Å². The molecule has 0 radical (unpaired) electrons. The number of rotatable bonds is 2. The Morgan fingerprint density at radius 3 is 2.15 bits per heavy atom. The minimum atomic E-state index is -3.51. The quantitative estimate of drug-likeness (QED) is 0.429. The summed E-state index contributed by atoms with van der Waals surface area (Å²) in [6.45, 7) is 1.18. The molecule has 1 aromatic rings. The van der Waals surface area contributed by atoms with Crippen molar-refractivity contribution in [1.82, 2.24) is 0 Å². The number of hydrogen-bond acceptors (Lipinski definition) is 3. The van der Waals surface area contributed by atoms with Crippen LogP contribution in [0.15, 0.2) is 30.3 Å². The first-order valence-corrected chi connectivity index (χ1v) is 5.16. The molecule has 0 heterocycles. The third-order valence-corrected chi connectivity index (χ3v) is 3.45. The molecule has 13 heavy (non-hydrogen) atoms. The van der Waals surface area contributed by atoms with Crippen LogP contribution in [0.1, 0.15) is 8.35 Å². The average Bonchev–Trinajstić information content (AvgIpc) is 2.06. The largest absolute Gasteiger partial charge is 1.00 e. The van der Waals surface area contributed by atoms with Crippen molar-refractivity contribution in [2.24, 2.45) is 0 Å². The van der Waals surface area contributed by atoms with E-state index in [1.165, 1.54) is 19.1 Å². The number of benzene rings is 1. The van der Waals surface area contributed by atoms with Gasteiger partial charge in [-0.25, -0.2) is 14.6 Å². The molecule has 0 aromatic heterocycles. The third kappa shape index (κ3) is 3.13. The van der Waals surface area contributed by atoms with Gasteiger partial charge in [-0.05, 0) is 12.1 Å². The van der Waals surface area contributed by atoms with E-state index in [1.54, 1.807) is 18.2 Å². The second kappa shape index (κ2) is 5.20. The van der Waals surface area contributed by atoms with Gasteiger partial charge in [0, 0.05) is 6.92 Å². The molecule has 0 spiro atoms. The second-order valence-corrected chi connectivity index (χ2v) is 4.80. The van der Waals surface area contributed by atoms with Crippen LogP contribution in [0.2, 0.25) is 0 Å². The first kappa shape index (κ1) is 13.2. The summed E-state index contributed by atoms with van der Waals surface area (Å²) < 4.78 is 0. The number of carbonyl (C=O) groups excluding carboxylic acids is 1. The van der Waals surface area contributed by atoms with Crippen molar-refractivity contribution in [3.63, 3.8) is 0 Å². The van der Waals surface area contributed by atoms with E-state index in [2.05, 4.69) is 0 Å². The summed E-state index contributed by atoms with van der Waals surface area (Å²) >= 11 is 0. The minimum Gasteiger partial charge on any atom is -1.00 e. The van der Waals surface area contributed by atoms with Gasteiger partial charge in [0.05, 0.1) is 0 Å². The maximum Gasteiger partial charge on any atom is 1.00 e. The molecule has 5 heteroatoms. The Morgan fingerprint density at radius 2 is 1.77 bits per heavy atom. The Labute approximate surface area is 101 Å². The molecule has 0 aliphatic heterocycles. The molecular formula is C8H11NaO3P+. The normalized spacial score (nSPS) is 10.4. The van der Waals surface area contributed by atoms with Gasteiger partial charge < -0.3 is 1.43 Å². The summed E-state index contributed by atoms with van der Waals surface area (Å²) in [5.74, 6) is 0. The van der Waals surface area contributed by atoms with Crippen LogP contribution in [0.3, 0.4) is 0 Å². The van der Waals surface area contributed by atoms with Crippen molar-refractivity contribution < 1.29 is 45.6 Å². The molecule has 0 unspecified atom stereocenters. The van der Waals surface area contributed by atoms with Gasteiger partial charge in [-0.3, -0.25) is 0 Å². The van der Waals surface area contributed by atoms with E-state index in [1.807, 2.05) is 0 Å². The fourth-order valence-electron chi connectivity index (χ4n) is 0.818. The van der Waals surface area contributed by atoms with Gasteiger partial charge in [-0.15, -0.1) is 0 Å². The van der Waals surface area contributed by atoms with Crippen LogP contribution >= 0.6 is 7.72 Å². The van der Waals surface area contributed by atoms with Gasteiger partial charge in [-0.2, -0.15) is 0 Å². The van der Waals surface area contributed by atoms with E-state index >= 15 is 0 Å². The molecule has 0 aliphatic rings. The predicted octanol–water partition coefficient (Wildman–Crippen LogP) is -2.19. The van der Waals surface area contributed by atoms with Crippen molar-refractivity contribution in [3.05, 3.63) is 30.3 Å². The van der Waals surface area contributed by atoms with Crippen LogP contribution in [0.25, 0.3) is 0 Å². The van der Waals surface area contributed by atoms with Crippen molar-refractivity contribution >= 4 is 18.5 Å². The Morgan fingerprint density at radius 1 is 1.31 bits per heavy atom. The molecule has 1 rings (SSSR count). The van der Waals surface area contributed by atoms with Gasteiger partial charge in [0.15, 0.2) is 5.30 Å². The fourth-order valence-corrected chi connectivity index (χ4v) is 1.77. The first-order chi connectivity index (χ1) is 5.55. The van der Waals surface area contributed by atoms with Crippen LogP contribution in [0.4, 0.5) is 0 Å². The van der Waals surface area contributed by atoms with Gasteiger partial charge in [0.1, 0.15) is 0 Å². The Hall–Kier alpha value is 0.240. The van der Waals surface area contributed by atoms with Gasteiger partial charge in [0.2, 0.25) is 0 Å². The molecule has 0 aliphatic carbocycles. The van der Waals surface area contributed by atoms with E-state index in [0.717, 1.165) is 0 Å². The van der Waals surface area contributed by atoms with E-state index in [9.17, 15) is 14.6 Å². The van der Waals surface area contributed by atoms with Gasteiger partial charge in [0.25, 0.3) is 0 Å². The topological polar surface area (TPSA) is 57.5 Å². The molecule has 0 saturated carbocycles. The zero-order valence-electron chi connectivity index (χ0n) is 8.64. The Balaban J connectivity index is 0. The van der Waals surface area contributed by atoms with E-state index in [0.29, 0.717) is 5.30 Å². The Bertz CT molecular complexity index is 292. The molecule has 0 fully saturated rings. The Kier molecular flexibility index (Phi) is 5.30. The molecule has 1 aromatic carbocycles. The predicted molar refractivity (Wildman–Crippen MR) is 49.2 cm³/mol. The molecule has 0 amide bonds. The minimum absolute atomic E-state index is 0. The summed E-state index contributed by atoms with van der Waals surface area (Å²) in [7, 11) is -3.51. The SMILES string of the molecule is CC(=O)[P+](O)(O)c1ccccc1.[H-].[Na+]. The van der Waals surface area contributed by atoms with Crippen molar-refractivity contribution in [1.29, 1.82) is 0 Å². The molecule has 66 valence electrons. The summed E-state index contributed by atoms with van der Waals surface area (Å²) in [5.41, 5.74) is -0.575. The van der Waals surface area contributed by atoms with Crippen LogP contribution in [0.5, 0.6) is 0 Å². The first-order valence-electron chi connectivity index (χ1n) is 3.46. The van der Waals surface area contributed by atoms with Gasteiger partial charge in [-0.1, -0.05) is 18.2 Å². The van der Waals surface area contributed by atoms with Crippen LogP contribution in [-0.4, -0.2) is 15.3 Å². The molecule has 2 N–H and O–H groups in total. The molecule has 0 atom stereocenters. The maximum atomic E-state index is 10.8. The summed E-state index contributed by atoms with van der Waals surface area (Å²) in [6, 6.07) is 8.16. The fraction of sp³-hybridized carbons (Fsp3) is 0.125. The molecule has 0 saturated heterocycles. The smallest absolute Gasteiger partial charge is 1.00 e. The molecule has 3 nitrogen and oxygen atoms in total. The number of hydrogen-bond donors (Lipinski definition) is 2. The standard InChI is InChI=1S/C8H10O3P.Na.H/c1-7(9)12(10,11)8-5-3-2-4-6-8;;/h2-6,10-11H,1H3;;/q2*+1;-1. The molecule has 0 bridgehead atoms. The molecular weight excluding hydrogens is 198 g/mol. The summed E-state index contributed by atoms with van der Waals surface area (Å²) in [6.07, 6.45) is 0. The number of carbonyl (C=O) groups is 1. The van der Waals surface area contributed by atoms with Crippen LogP contribution < -0.4 is 34.9 Å². The monoisotopic (exact) mass is 209 g/mol. The second-order valence-electron chi connectivity index (χ2n) is 2.46. The van der Waals surface area contributed by atoms with Crippen molar-refractivity contribution in [2.45, 2.75) is 6.92 Å². The van der Waals surface area contributed by atoms with Crippen LogP contribution in [-0.2, 0) is 4.79 Å². The van der Waals surface area contributed by atoms with Crippen LogP contribution in [0, 0.1) is 0 Å². The average molecular weight is 209 g/mol. The van der Waals surface area contributed by atoms with Crippen molar-refractivity contribution in [2.75, 3.05) is 0 Å². The van der Waals surface area contributed by atoms with E-state index in [-0.39, 0.29) is 31.0 Å². The summed E-state index contributed by atoms with van der Waals surface area (Å²) in [4.78, 5) is 29.6. The zero-order chi connectivity index (χ0) is 9.19. The van der Waals surface area contributed by atoms with E-state index in [4.69, 9.17) is 0 Å². The summed E-state index contributed by atoms with van der Waals surface area (Å²) in [5, 5.41) is 0.303. The maximum absolute atomic E-state index is 10.8.